The molecule has 134 valence electrons. The van der Waals surface area contributed by atoms with Crippen LogP contribution in [-0.2, 0) is 22.4 Å². The molecule has 1 saturated heterocycles. The van der Waals surface area contributed by atoms with Gasteiger partial charge in [-0.15, -0.1) is 0 Å². The molecule has 0 bridgehead atoms. The molecule has 3 rings (SSSR count). The Labute approximate surface area is 143 Å². The zero-order chi connectivity index (χ0) is 16.9. The summed E-state index contributed by atoms with van der Waals surface area (Å²) in [6.45, 7) is 4.05. The third kappa shape index (κ3) is 4.42. The molecule has 0 amide bonds. The fourth-order valence-electron chi connectivity index (χ4n) is 3.39. The van der Waals surface area contributed by atoms with Gasteiger partial charge in [-0.1, -0.05) is 0 Å². The summed E-state index contributed by atoms with van der Waals surface area (Å²) in [5.41, 5.74) is 2.29. The quantitative estimate of drug-likeness (QED) is 0.775. The molecule has 24 heavy (non-hydrogen) atoms. The number of aliphatic hydroxyl groups excluding tert-OH is 1. The van der Waals surface area contributed by atoms with E-state index in [1.807, 2.05) is 19.0 Å². The van der Waals surface area contributed by atoms with Gasteiger partial charge in [0.2, 0.25) is 0 Å². The largest absolute Gasteiger partial charge is 0.389 e. The molecule has 1 fully saturated rings. The number of fused-ring (bicyclic) bond motifs is 1. The number of ether oxygens (including phenoxy) is 2. The van der Waals surface area contributed by atoms with Crippen LogP contribution < -0.4 is 4.90 Å². The summed E-state index contributed by atoms with van der Waals surface area (Å²) < 4.78 is 11.1. The Morgan fingerprint density at radius 3 is 3.08 bits per heavy atom. The van der Waals surface area contributed by atoms with Crippen molar-refractivity contribution >= 4 is 5.82 Å². The SMILES string of the molecule is CN(C)c1ncnc2c1CN(C[C@H](O)COC[C@H]1CCCO1)CC2. The monoisotopic (exact) mass is 336 g/mol. The lowest BCUT2D eigenvalue weighted by Crippen LogP contribution is -2.39. The standard InChI is InChI=1S/C17H28N4O3/c1-20(2)17-15-9-21(6-5-16(15)18-12-19-17)8-13(22)10-23-11-14-4-3-7-24-14/h12-14,22H,3-11H2,1-2H3/t13-,14+/m0/s1. The maximum atomic E-state index is 10.3. The molecule has 1 aromatic rings. The summed E-state index contributed by atoms with van der Waals surface area (Å²) in [5.74, 6) is 0.967. The minimum absolute atomic E-state index is 0.207. The Bertz CT molecular complexity index is 535. The molecule has 7 heteroatoms. The summed E-state index contributed by atoms with van der Waals surface area (Å²) in [7, 11) is 3.99. The highest BCUT2D eigenvalue weighted by atomic mass is 16.5. The Morgan fingerprint density at radius 2 is 2.33 bits per heavy atom. The van der Waals surface area contributed by atoms with Gasteiger partial charge in [-0.3, -0.25) is 4.90 Å². The van der Waals surface area contributed by atoms with Crippen LogP contribution in [0.15, 0.2) is 6.33 Å². The van der Waals surface area contributed by atoms with E-state index in [-0.39, 0.29) is 6.10 Å². The number of anilines is 1. The Hall–Kier alpha value is -1.28. The minimum atomic E-state index is -0.486. The first-order valence-electron chi connectivity index (χ1n) is 8.73. The van der Waals surface area contributed by atoms with Crippen molar-refractivity contribution < 1.29 is 14.6 Å². The second-order valence-corrected chi connectivity index (χ2v) is 6.83. The van der Waals surface area contributed by atoms with E-state index in [0.717, 1.165) is 50.5 Å². The van der Waals surface area contributed by atoms with Crippen LogP contribution in [0, 0.1) is 0 Å². The van der Waals surface area contributed by atoms with Crippen molar-refractivity contribution in [3.8, 4) is 0 Å². The van der Waals surface area contributed by atoms with Gasteiger partial charge in [-0.25, -0.2) is 9.97 Å². The number of rotatable bonds is 7. The molecule has 1 aromatic heterocycles. The van der Waals surface area contributed by atoms with E-state index in [4.69, 9.17) is 9.47 Å². The number of hydrogen-bond acceptors (Lipinski definition) is 7. The third-order valence-electron chi connectivity index (χ3n) is 4.59. The van der Waals surface area contributed by atoms with E-state index in [1.165, 1.54) is 5.56 Å². The first kappa shape index (κ1) is 17.5. The fourth-order valence-corrected chi connectivity index (χ4v) is 3.39. The summed E-state index contributed by atoms with van der Waals surface area (Å²) in [5, 5.41) is 10.3. The lowest BCUT2D eigenvalue weighted by Gasteiger charge is -2.31. The van der Waals surface area contributed by atoms with Crippen LogP contribution in [-0.4, -0.2) is 79.2 Å². The normalized spacial score (nSPS) is 22.4. The van der Waals surface area contributed by atoms with Crippen molar-refractivity contribution in [1.82, 2.24) is 14.9 Å². The summed E-state index contributed by atoms with van der Waals surface area (Å²) in [6.07, 6.45) is 4.42. The molecule has 2 aliphatic heterocycles. The lowest BCUT2D eigenvalue weighted by molar-refractivity contribution is -0.0261. The zero-order valence-electron chi connectivity index (χ0n) is 14.6. The molecule has 0 saturated carbocycles. The average molecular weight is 336 g/mol. The van der Waals surface area contributed by atoms with Gasteiger partial charge in [0.25, 0.3) is 0 Å². The molecule has 1 N–H and O–H groups in total. The highest BCUT2D eigenvalue weighted by Crippen LogP contribution is 2.24. The lowest BCUT2D eigenvalue weighted by atomic mass is 10.1. The maximum Gasteiger partial charge on any atom is 0.136 e. The van der Waals surface area contributed by atoms with Crippen molar-refractivity contribution in [1.29, 1.82) is 0 Å². The van der Waals surface area contributed by atoms with Crippen LogP contribution in [0.5, 0.6) is 0 Å². The molecule has 0 aliphatic carbocycles. The first-order valence-corrected chi connectivity index (χ1v) is 8.73. The van der Waals surface area contributed by atoms with Crippen LogP contribution in [0.4, 0.5) is 5.82 Å². The smallest absolute Gasteiger partial charge is 0.136 e. The first-order chi connectivity index (χ1) is 11.6. The van der Waals surface area contributed by atoms with Crippen LogP contribution in [0.1, 0.15) is 24.1 Å². The second kappa shape index (κ2) is 8.20. The van der Waals surface area contributed by atoms with E-state index in [9.17, 15) is 5.11 Å². The van der Waals surface area contributed by atoms with E-state index in [0.29, 0.717) is 19.8 Å². The van der Waals surface area contributed by atoms with Crippen LogP contribution in [0.25, 0.3) is 0 Å². The highest BCUT2D eigenvalue weighted by Gasteiger charge is 2.23. The van der Waals surface area contributed by atoms with E-state index >= 15 is 0 Å². The van der Waals surface area contributed by atoms with Gasteiger partial charge in [-0.2, -0.15) is 0 Å². The van der Waals surface area contributed by atoms with Crippen LogP contribution in [0.2, 0.25) is 0 Å². The van der Waals surface area contributed by atoms with Crippen LogP contribution in [0.3, 0.4) is 0 Å². The highest BCUT2D eigenvalue weighted by molar-refractivity contribution is 5.48. The maximum absolute atomic E-state index is 10.3. The van der Waals surface area contributed by atoms with Gasteiger partial charge < -0.3 is 19.5 Å². The summed E-state index contributed by atoms with van der Waals surface area (Å²) in [6, 6.07) is 0. The number of hydrogen-bond donors (Lipinski definition) is 1. The number of nitrogens with zero attached hydrogens (tertiary/aromatic N) is 4. The fraction of sp³-hybridized carbons (Fsp3) is 0.765. The van der Waals surface area contributed by atoms with Crippen LogP contribution >= 0.6 is 0 Å². The van der Waals surface area contributed by atoms with Crippen molar-refractivity contribution in [2.75, 3.05) is 51.9 Å². The summed E-state index contributed by atoms with van der Waals surface area (Å²) in [4.78, 5) is 13.1. The molecular formula is C17H28N4O3. The number of aromatic nitrogens is 2. The molecule has 3 heterocycles. The molecule has 0 spiro atoms. The molecule has 2 aliphatic rings. The van der Waals surface area contributed by atoms with Gasteiger partial charge in [0, 0.05) is 52.3 Å². The number of aliphatic hydroxyl groups is 1. The molecule has 0 radical (unpaired) electrons. The topological polar surface area (TPSA) is 71.0 Å². The minimum Gasteiger partial charge on any atom is -0.389 e. The second-order valence-electron chi connectivity index (χ2n) is 6.83. The predicted octanol–water partition coefficient (Wildman–Crippen LogP) is 0.457. The van der Waals surface area contributed by atoms with Gasteiger partial charge in [0.1, 0.15) is 12.1 Å². The molecule has 7 nitrogen and oxygen atoms in total. The Balaban J connectivity index is 1.48. The van der Waals surface area contributed by atoms with Crippen molar-refractivity contribution in [2.24, 2.45) is 0 Å². The summed E-state index contributed by atoms with van der Waals surface area (Å²) >= 11 is 0. The Morgan fingerprint density at radius 1 is 1.46 bits per heavy atom. The van der Waals surface area contributed by atoms with E-state index < -0.39 is 6.10 Å². The van der Waals surface area contributed by atoms with Crippen molar-refractivity contribution in [3.63, 3.8) is 0 Å². The average Bonchev–Trinajstić information content (AvgIpc) is 3.07. The predicted molar refractivity (Wildman–Crippen MR) is 91.1 cm³/mol. The molecule has 0 unspecified atom stereocenters. The van der Waals surface area contributed by atoms with E-state index in [1.54, 1.807) is 6.33 Å². The van der Waals surface area contributed by atoms with Gasteiger partial charge in [0.15, 0.2) is 0 Å². The molecular weight excluding hydrogens is 308 g/mol. The van der Waals surface area contributed by atoms with Crippen molar-refractivity contribution in [2.45, 2.75) is 38.0 Å². The van der Waals surface area contributed by atoms with Gasteiger partial charge in [-0.05, 0) is 12.8 Å². The van der Waals surface area contributed by atoms with Gasteiger partial charge in [0.05, 0.1) is 31.1 Å². The molecule has 0 aromatic carbocycles. The van der Waals surface area contributed by atoms with Gasteiger partial charge >= 0.3 is 0 Å². The Kier molecular flexibility index (Phi) is 5.99. The van der Waals surface area contributed by atoms with E-state index in [2.05, 4.69) is 14.9 Å². The zero-order valence-corrected chi connectivity index (χ0v) is 14.6. The van der Waals surface area contributed by atoms with Crippen molar-refractivity contribution in [3.05, 3.63) is 17.6 Å². The third-order valence-corrected chi connectivity index (χ3v) is 4.59. The number of β-amino-alcohol motifs (C(OH)–C–C–N with tert-alkyl or cyclic N) is 1. The molecule has 2 atom stereocenters.